The summed E-state index contributed by atoms with van der Waals surface area (Å²) in [5, 5.41) is 16.1. The molecule has 0 amide bonds. The first-order valence-corrected chi connectivity index (χ1v) is 13.6. The van der Waals surface area contributed by atoms with Crippen molar-refractivity contribution in [3.63, 3.8) is 0 Å². The smallest absolute Gasteiger partial charge is 0.189 e. The molecule has 3 rings (SSSR count). The third-order valence-electron chi connectivity index (χ3n) is 6.28. The number of nitrogens with zero attached hydrogens (tertiary/aromatic N) is 1. The predicted molar refractivity (Wildman–Crippen MR) is 143 cm³/mol. The Labute approximate surface area is 221 Å². The molecule has 0 spiro atoms. The molecule has 2 heterocycles. The Balaban J connectivity index is 1.70. The summed E-state index contributed by atoms with van der Waals surface area (Å²) in [5.74, 6) is -0.753. The van der Waals surface area contributed by atoms with E-state index >= 15 is 0 Å². The fraction of sp³-hybridized carbons (Fsp3) is 0.704. The van der Waals surface area contributed by atoms with Gasteiger partial charge in [0, 0.05) is 18.9 Å². The summed E-state index contributed by atoms with van der Waals surface area (Å²) in [6, 6.07) is 8.95. The van der Waals surface area contributed by atoms with Gasteiger partial charge in [-0.15, -0.1) is 0 Å². The van der Waals surface area contributed by atoms with Crippen LogP contribution in [0.15, 0.2) is 24.3 Å². The highest BCUT2D eigenvalue weighted by atomic mass is 32.1. The van der Waals surface area contributed by atoms with Crippen molar-refractivity contribution in [2.24, 2.45) is 0 Å². The average molecular weight is 520 g/mol. The predicted octanol–water partition coefficient (Wildman–Crippen LogP) is 4.87. The Morgan fingerprint density at radius 1 is 1.08 bits per heavy atom. The number of hydrogen-bond donors (Lipinski definition) is 2. The molecular weight excluding hydrogens is 478 g/mol. The van der Waals surface area contributed by atoms with Gasteiger partial charge in [-0.2, -0.15) is 5.26 Å². The second kappa shape index (κ2) is 14.2. The molecule has 0 saturated carbocycles. The Kier molecular flexibility index (Phi) is 11.4. The molecule has 0 unspecified atom stereocenters. The number of benzene rings is 1. The zero-order chi connectivity index (χ0) is 26.0. The van der Waals surface area contributed by atoms with Crippen molar-refractivity contribution in [3.05, 3.63) is 29.8 Å². The lowest BCUT2D eigenvalue weighted by molar-refractivity contribution is -0.222. The lowest BCUT2D eigenvalue weighted by Gasteiger charge is -2.32. The minimum Gasteiger partial charge on any atom is -0.379 e. The van der Waals surface area contributed by atoms with Crippen molar-refractivity contribution in [1.82, 2.24) is 5.32 Å². The summed E-state index contributed by atoms with van der Waals surface area (Å²) in [7, 11) is 0. The van der Waals surface area contributed by atoms with E-state index in [0.717, 1.165) is 44.2 Å². The number of fused-ring (bicyclic) bond motifs is 1. The van der Waals surface area contributed by atoms with Gasteiger partial charge in [0.05, 0.1) is 24.3 Å². The largest absolute Gasteiger partial charge is 0.379 e. The maximum Gasteiger partial charge on any atom is 0.189 e. The van der Waals surface area contributed by atoms with Crippen molar-refractivity contribution >= 4 is 23.0 Å². The molecule has 2 N–H and O–H groups in total. The van der Waals surface area contributed by atoms with Gasteiger partial charge in [-0.25, -0.2) is 0 Å². The third kappa shape index (κ3) is 8.37. The van der Waals surface area contributed by atoms with Crippen LogP contribution in [0.5, 0.6) is 0 Å². The molecule has 0 aliphatic carbocycles. The summed E-state index contributed by atoms with van der Waals surface area (Å²) in [6.45, 7) is 9.87. The van der Waals surface area contributed by atoms with Crippen LogP contribution in [0.4, 0.5) is 5.69 Å². The van der Waals surface area contributed by atoms with Crippen LogP contribution in [0.2, 0.25) is 0 Å². The van der Waals surface area contributed by atoms with Gasteiger partial charge >= 0.3 is 0 Å². The number of ether oxygens (including phenoxy) is 5. The second-order valence-electron chi connectivity index (χ2n) is 9.78. The van der Waals surface area contributed by atoms with Crippen molar-refractivity contribution in [1.29, 1.82) is 5.26 Å². The third-order valence-corrected chi connectivity index (χ3v) is 6.50. The van der Waals surface area contributed by atoms with Gasteiger partial charge < -0.3 is 34.3 Å². The van der Waals surface area contributed by atoms with E-state index in [0.29, 0.717) is 30.5 Å². The minimum absolute atomic E-state index is 0.292. The van der Waals surface area contributed by atoms with E-state index in [1.807, 2.05) is 26.0 Å². The molecule has 9 heteroatoms. The zero-order valence-electron chi connectivity index (χ0n) is 22.0. The van der Waals surface area contributed by atoms with Crippen LogP contribution >= 0.6 is 12.2 Å². The van der Waals surface area contributed by atoms with Gasteiger partial charge in [0.15, 0.2) is 17.2 Å². The topological polar surface area (TPSA) is 94.0 Å². The SMILES string of the molecule is CCCCCOC[C@@H](OCCCCC)[C@H]1O[C@@H]2OC(C)(C)O[C@@H]2[C@H]1NC(=S)Nc1ccc(C#N)cc1. The molecule has 2 aliphatic heterocycles. The number of nitriles is 1. The summed E-state index contributed by atoms with van der Waals surface area (Å²) >= 11 is 5.64. The Morgan fingerprint density at radius 3 is 2.44 bits per heavy atom. The summed E-state index contributed by atoms with van der Waals surface area (Å²) in [5.41, 5.74) is 1.38. The summed E-state index contributed by atoms with van der Waals surface area (Å²) < 4.78 is 31.0. The first-order valence-electron chi connectivity index (χ1n) is 13.1. The number of anilines is 1. The van der Waals surface area contributed by atoms with Crippen molar-refractivity contribution in [3.8, 4) is 6.07 Å². The van der Waals surface area contributed by atoms with E-state index < -0.39 is 12.1 Å². The number of rotatable bonds is 14. The molecule has 0 bridgehead atoms. The van der Waals surface area contributed by atoms with E-state index in [2.05, 4.69) is 30.6 Å². The molecular formula is C27H41N3O5S. The standard InChI is InChI=1S/C27H41N3O5S/c1-5-7-9-15-31-18-21(32-16-10-8-6-2)23-22(24-25(33-23)35-27(3,4)34-24)30-26(36)29-20-13-11-19(17-28)12-14-20/h11-14,21-25H,5-10,15-16,18H2,1-4H3,(H2,29,30,36)/t21-,22+,23-,24-,25-/m1/s1. The molecule has 200 valence electrons. The molecule has 1 aromatic carbocycles. The lowest BCUT2D eigenvalue weighted by atomic mass is 10.0. The van der Waals surface area contributed by atoms with Crippen molar-refractivity contribution in [2.45, 2.75) is 103 Å². The van der Waals surface area contributed by atoms with E-state index in [-0.39, 0.29) is 24.4 Å². The number of nitrogens with one attached hydrogen (secondary N) is 2. The number of unbranched alkanes of at least 4 members (excludes halogenated alkanes) is 4. The molecule has 2 saturated heterocycles. The molecule has 5 atom stereocenters. The van der Waals surface area contributed by atoms with Crippen molar-refractivity contribution in [2.75, 3.05) is 25.1 Å². The summed E-state index contributed by atoms with van der Waals surface area (Å²) in [4.78, 5) is 0. The molecule has 0 radical (unpaired) electrons. The zero-order valence-corrected chi connectivity index (χ0v) is 22.8. The van der Waals surface area contributed by atoms with E-state index in [1.54, 1.807) is 12.1 Å². The Hall–Kier alpha value is -1.80. The molecule has 1 aromatic rings. The van der Waals surface area contributed by atoms with Crippen LogP contribution in [-0.4, -0.2) is 61.4 Å². The highest BCUT2D eigenvalue weighted by molar-refractivity contribution is 7.80. The van der Waals surface area contributed by atoms with Crippen LogP contribution in [0.1, 0.15) is 71.8 Å². The fourth-order valence-corrected chi connectivity index (χ4v) is 4.69. The average Bonchev–Trinajstić information content (AvgIpc) is 3.32. The second-order valence-corrected chi connectivity index (χ2v) is 10.2. The van der Waals surface area contributed by atoms with Crippen LogP contribution < -0.4 is 10.6 Å². The Bertz CT molecular complexity index is 860. The van der Waals surface area contributed by atoms with Gasteiger partial charge in [0.25, 0.3) is 0 Å². The van der Waals surface area contributed by atoms with Gasteiger partial charge in [-0.1, -0.05) is 39.5 Å². The van der Waals surface area contributed by atoms with Gasteiger partial charge in [-0.3, -0.25) is 0 Å². The Morgan fingerprint density at radius 2 is 1.78 bits per heavy atom. The highest BCUT2D eigenvalue weighted by Gasteiger charge is 2.57. The first-order chi connectivity index (χ1) is 17.4. The van der Waals surface area contributed by atoms with Crippen LogP contribution in [0, 0.1) is 11.3 Å². The van der Waals surface area contributed by atoms with E-state index in [1.165, 1.54) is 0 Å². The minimum atomic E-state index is -0.753. The van der Waals surface area contributed by atoms with Crippen LogP contribution in [0.25, 0.3) is 0 Å². The molecule has 2 fully saturated rings. The molecule has 2 aliphatic rings. The first kappa shape index (κ1) is 28.8. The van der Waals surface area contributed by atoms with Gasteiger partial charge in [-0.05, 0) is 63.2 Å². The number of hydrogen-bond acceptors (Lipinski definition) is 7. The van der Waals surface area contributed by atoms with E-state index in [4.69, 9.17) is 41.2 Å². The summed E-state index contributed by atoms with van der Waals surface area (Å²) in [6.07, 6.45) is 5.00. The lowest BCUT2D eigenvalue weighted by Crippen LogP contribution is -2.54. The highest BCUT2D eigenvalue weighted by Crippen LogP contribution is 2.39. The van der Waals surface area contributed by atoms with Crippen LogP contribution in [-0.2, 0) is 23.7 Å². The quantitative estimate of drug-likeness (QED) is 0.264. The fourth-order valence-electron chi connectivity index (χ4n) is 4.44. The van der Waals surface area contributed by atoms with Crippen molar-refractivity contribution < 1.29 is 23.7 Å². The van der Waals surface area contributed by atoms with Gasteiger partial charge in [0.1, 0.15) is 18.3 Å². The van der Waals surface area contributed by atoms with E-state index in [9.17, 15) is 0 Å². The molecule has 36 heavy (non-hydrogen) atoms. The molecule has 0 aromatic heterocycles. The van der Waals surface area contributed by atoms with Gasteiger partial charge in [0.2, 0.25) is 0 Å². The monoisotopic (exact) mass is 519 g/mol. The maximum atomic E-state index is 9.04. The van der Waals surface area contributed by atoms with Crippen LogP contribution in [0.3, 0.4) is 0 Å². The number of thiocarbonyl (C=S) groups is 1. The normalized spacial score (nSPS) is 25.2. The maximum absolute atomic E-state index is 9.04. The molecule has 8 nitrogen and oxygen atoms in total.